The van der Waals surface area contributed by atoms with Gasteiger partial charge in [0.05, 0.1) is 10.8 Å². The molecule has 0 saturated carbocycles. The fourth-order valence-corrected chi connectivity index (χ4v) is 4.10. The predicted molar refractivity (Wildman–Crippen MR) is 120 cm³/mol. The van der Waals surface area contributed by atoms with E-state index in [1.807, 2.05) is 71.6 Å². The van der Waals surface area contributed by atoms with Gasteiger partial charge in [0.25, 0.3) is 5.69 Å². The third kappa shape index (κ3) is 4.98. The number of nitrogens with zero attached hydrogens (tertiary/aromatic N) is 3. The number of amides is 1. The molecule has 0 bridgehead atoms. The molecule has 1 fully saturated rings. The van der Waals surface area contributed by atoms with Crippen molar-refractivity contribution < 1.29 is 9.72 Å². The zero-order valence-corrected chi connectivity index (χ0v) is 17.3. The number of non-ortho nitro benzene ring substituents is 1. The molecule has 1 amide bonds. The van der Waals surface area contributed by atoms with E-state index in [1.54, 1.807) is 12.1 Å². The van der Waals surface area contributed by atoms with Crippen LogP contribution in [0.5, 0.6) is 0 Å². The number of nitro benzene ring substituents is 1. The maximum absolute atomic E-state index is 13.5. The molecule has 0 radical (unpaired) electrons. The molecule has 1 saturated heterocycles. The van der Waals surface area contributed by atoms with Crippen molar-refractivity contribution in [1.82, 2.24) is 9.80 Å². The molecule has 31 heavy (non-hydrogen) atoms. The predicted octanol–water partition coefficient (Wildman–Crippen LogP) is 4.07. The van der Waals surface area contributed by atoms with Crippen molar-refractivity contribution in [2.75, 3.05) is 26.2 Å². The number of nitro groups is 1. The van der Waals surface area contributed by atoms with E-state index in [1.165, 1.54) is 6.07 Å². The lowest BCUT2D eigenvalue weighted by Crippen LogP contribution is -2.49. The van der Waals surface area contributed by atoms with Crippen molar-refractivity contribution in [3.05, 3.63) is 112 Å². The van der Waals surface area contributed by atoms with Crippen LogP contribution in [0.2, 0.25) is 0 Å². The summed E-state index contributed by atoms with van der Waals surface area (Å²) in [6, 6.07) is 26.6. The fraction of sp³-hybridized carbons (Fsp3) is 0.240. The van der Waals surface area contributed by atoms with Gasteiger partial charge in [-0.05, 0) is 16.7 Å². The van der Waals surface area contributed by atoms with Crippen LogP contribution in [0.25, 0.3) is 0 Å². The second-order valence-corrected chi connectivity index (χ2v) is 7.78. The van der Waals surface area contributed by atoms with Gasteiger partial charge < -0.3 is 4.90 Å². The SMILES string of the molecule is O=C(C(c1ccccc1)c1ccccc1)N1CCN(Cc2cccc([N+](=O)[O-])c2)CC1. The lowest BCUT2D eigenvalue weighted by atomic mass is 9.90. The second kappa shape index (κ2) is 9.53. The summed E-state index contributed by atoms with van der Waals surface area (Å²) in [6.45, 7) is 3.41. The van der Waals surface area contributed by atoms with Crippen LogP contribution in [0.1, 0.15) is 22.6 Å². The van der Waals surface area contributed by atoms with E-state index in [0.29, 0.717) is 19.6 Å². The molecule has 1 aliphatic rings. The standard InChI is InChI=1S/C25H25N3O3/c29-25(24(21-9-3-1-4-10-21)22-11-5-2-6-12-22)27-16-14-26(15-17-27)19-20-8-7-13-23(18-20)28(30)31/h1-13,18,24H,14-17,19H2. The highest BCUT2D eigenvalue weighted by Gasteiger charge is 2.29. The smallest absolute Gasteiger partial charge is 0.269 e. The van der Waals surface area contributed by atoms with Gasteiger partial charge in [0.2, 0.25) is 5.91 Å². The Kier molecular flexibility index (Phi) is 6.38. The van der Waals surface area contributed by atoms with E-state index in [4.69, 9.17) is 0 Å². The van der Waals surface area contributed by atoms with Gasteiger partial charge in [-0.2, -0.15) is 0 Å². The Morgan fingerprint density at radius 2 is 1.42 bits per heavy atom. The Balaban J connectivity index is 1.44. The Hall–Kier alpha value is -3.51. The summed E-state index contributed by atoms with van der Waals surface area (Å²) in [4.78, 5) is 28.3. The van der Waals surface area contributed by atoms with Gasteiger partial charge in [0.15, 0.2) is 0 Å². The average Bonchev–Trinajstić information content (AvgIpc) is 2.81. The first-order chi connectivity index (χ1) is 15.1. The molecule has 6 nitrogen and oxygen atoms in total. The number of carbonyl (C=O) groups is 1. The number of rotatable bonds is 6. The number of carbonyl (C=O) groups excluding carboxylic acids is 1. The molecule has 0 aliphatic carbocycles. The minimum absolute atomic E-state index is 0.111. The molecule has 0 unspecified atom stereocenters. The van der Waals surface area contributed by atoms with Crippen molar-refractivity contribution >= 4 is 11.6 Å². The minimum Gasteiger partial charge on any atom is -0.339 e. The lowest BCUT2D eigenvalue weighted by Gasteiger charge is -2.36. The van der Waals surface area contributed by atoms with Crippen LogP contribution in [0.4, 0.5) is 5.69 Å². The molecular weight excluding hydrogens is 390 g/mol. The van der Waals surface area contributed by atoms with Gasteiger partial charge in [-0.3, -0.25) is 19.8 Å². The highest BCUT2D eigenvalue weighted by molar-refractivity contribution is 5.87. The Labute approximate surface area is 181 Å². The Morgan fingerprint density at radius 1 is 0.839 bits per heavy atom. The molecule has 4 rings (SSSR count). The summed E-state index contributed by atoms with van der Waals surface area (Å²) >= 11 is 0. The van der Waals surface area contributed by atoms with Crippen molar-refractivity contribution in [3.8, 4) is 0 Å². The van der Waals surface area contributed by atoms with Gasteiger partial charge in [-0.1, -0.05) is 72.8 Å². The zero-order valence-electron chi connectivity index (χ0n) is 17.3. The maximum Gasteiger partial charge on any atom is 0.269 e. The van der Waals surface area contributed by atoms with Crippen LogP contribution in [-0.4, -0.2) is 46.8 Å². The van der Waals surface area contributed by atoms with Crippen molar-refractivity contribution in [3.63, 3.8) is 0 Å². The molecule has 0 spiro atoms. The second-order valence-electron chi connectivity index (χ2n) is 7.78. The lowest BCUT2D eigenvalue weighted by molar-refractivity contribution is -0.384. The molecule has 0 N–H and O–H groups in total. The minimum atomic E-state index is -0.368. The van der Waals surface area contributed by atoms with Crippen LogP contribution >= 0.6 is 0 Å². The Morgan fingerprint density at radius 3 is 1.97 bits per heavy atom. The fourth-order valence-electron chi connectivity index (χ4n) is 4.10. The van der Waals surface area contributed by atoms with Gasteiger partial charge >= 0.3 is 0 Å². The quantitative estimate of drug-likeness (QED) is 0.450. The van der Waals surface area contributed by atoms with Gasteiger partial charge in [-0.15, -0.1) is 0 Å². The van der Waals surface area contributed by atoms with E-state index in [9.17, 15) is 14.9 Å². The molecule has 6 heteroatoms. The van der Waals surface area contributed by atoms with E-state index in [-0.39, 0.29) is 22.4 Å². The highest BCUT2D eigenvalue weighted by Crippen LogP contribution is 2.27. The summed E-state index contributed by atoms with van der Waals surface area (Å²) in [5.41, 5.74) is 3.02. The number of hydrogen-bond acceptors (Lipinski definition) is 4. The molecular formula is C25H25N3O3. The molecule has 158 valence electrons. The monoisotopic (exact) mass is 415 g/mol. The average molecular weight is 415 g/mol. The summed E-state index contributed by atoms with van der Waals surface area (Å²) in [5, 5.41) is 11.0. The van der Waals surface area contributed by atoms with Crippen LogP contribution in [0, 0.1) is 10.1 Å². The van der Waals surface area contributed by atoms with E-state index < -0.39 is 0 Å². The summed E-state index contributed by atoms with van der Waals surface area (Å²) in [5.74, 6) is -0.196. The third-order valence-corrected chi connectivity index (χ3v) is 5.72. The van der Waals surface area contributed by atoms with Crippen molar-refractivity contribution in [2.45, 2.75) is 12.5 Å². The summed E-state index contributed by atoms with van der Waals surface area (Å²) in [7, 11) is 0. The van der Waals surface area contributed by atoms with Crippen LogP contribution < -0.4 is 0 Å². The van der Waals surface area contributed by atoms with Crippen molar-refractivity contribution in [2.24, 2.45) is 0 Å². The van der Waals surface area contributed by atoms with Crippen LogP contribution in [0.15, 0.2) is 84.9 Å². The largest absolute Gasteiger partial charge is 0.339 e. The number of hydrogen-bond donors (Lipinski definition) is 0. The zero-order chi connectivity index (χ0) is 21.6. The van der Waals surface area contributed by atoms with Gasteiger partial charge in [0.1, 0.15) is 0 Å². The van der Waals surface area contributed by atoms with Crippen LogP contribution in [-0.2, 0) is 11.3 Å². The molecule has 1 aliphatic heterocycles. The first kappa shape index (κ1) is 20.8. The molecule has 0 atom stereocenters. The van der Waals surface area contributed by atoms with Crippen LogP contribution in [0.3, 0.4) is 0 Å². The Bertz CT molecular complexity index is 993. The molecule has 3 aromatic carbocycles. The first-order valence-electron chi connectivity index (χ1n) is 10.5. The molecule has 1 heterocycles. The van der Waals surface area contributed by atoms with Gasteiger partial charge in [-0.25, -0.2) is 0 Å². The maximum atomic E-state index is 13.5. The third-order valence-electron chi connectivity index (χ3n) is 5.72. The van der Waals surface area contributed by atoms with Crippen molar-refractivity contribution in [1.29, 1.82) is 0 Å². The van der Waals surface area contributed by atoms with E-state index in [2.05, 4.69) is 4.90 Å². The first-order valence-corrected chi connectivity index (χ1v) is 10.5. The van der Waals surface area contributed by atoms with E-state index in [0.717, 1.165) is 29.8 Å². The number of piperazine rings is 1. The number of benzene rings is 3. The highest BCUT2D eigenvalue weighted by atomic mass is 16.6. The van der Waals surface area contributed by atoms with Gasteiger partial charge in [0, 0.05) is 44.9 Å². The molecule has 0 aromatic heterocycles. The molecule has 3 aromatic rings. The normalized spacial score (nSPS) is 14.5. The summed E-state index contributed by atoms with van der Waals surface area (Å²) in [6.07, 6.45) is 0. The van der Waals surface area contributed by atoms with E-state index >= 15 is 0 Å². The topological polar surface area (TPSA) is 66.7 Å². The summed E-state index contributed by atoms with van der Waals surface area (Å²) < 4.78 is 0.